The zero-order chi connectivity index (χ0) is 16.3. The van der Waals surface area contributed by atoms with Crippen molar-refractivity contribution in [3.05, 3.63) is 18.2 Å². The van der Waals surface area contributed by atoms with Crippen LogP contribution in [0.2, 0.25) is 0 Å². The molecule has 4 nitrogen and oxygen atoms in total. The molecule has 1 fully saturated rings. The number of benzene rings is 1. The van der Waals surface area contributed by atoms with Crippen molar-refractivity contribution in [3.8, 4) is 11.5 Å². The average Bonchev–Trinajstić information content (AvgIpc) is 2.60. The molecule has 1 aromatic rings. The lowest BCUT2D eigenvalue weighted by Crippen LogP contribution is -2.51. The maximum atomic E-state index is 9.87. The van der Waals surface area contributed by atoms with Crippen molar-refractivity contribution >= 4 is 5.69 Å². The second-order valence-electron chi connectivity index (χ2n) is 7.00. The Kier molecular flexibility index (Phi) is 5.00. The average molecular weight is 318 g/mol. The van der Waals surface area contributed by atoms with Crippen LogP contribution in [0.4, 0.5) is 5.69 Å². The number of piperidine rings is 1. The number of ether oxygens (including phenoxy) is 1. The first kappa shape index (κ1) is 16.4. The molecule has 1 saturated heterocycles. The third-order valence-electron chi connectivity index (χ3n) is 5.54. The topological polar surface area (TPSA) is 44.7 Å². The summed E-state index contributed by atoms with van der Waals surface area (Å²) in [5.74, 6) is 1.22. The lowest BCUT2D eigenvalue weighted by atomic mass is 9.93. The number of fused-ring (bicyclic) bond motifs is 1. The molecule has 0 aliphatic carbocycles. The van der Waals surface area contributed by atoms with Crippen molar-refractivity contribution in [3.63, 3.8) is 0 Å². The van der Waals surface area contributed by atoms with E-state index in [1.54, 1.807) is 6.07 Å². The molecular weight excluding hydrogens is 288 g/mol. The molecule has 0 amide bonds. The second kappa shape index (κ2) is 7.00. The van der Waals surface area contributed by atoms with E-state index in [1.165, 1.54) is 19.3 Å². The van der Waals surface area contributed by atoms with Crippen LogP contribution in [0.1, 0.15) is 52.4 Å². The van der Waals surface area contributed by atoms with Gasteiger partial charge >= 0.3 is 0 Å². The van der Waals surface area contributed by atoms with Gasteiger partial charge < -0.3 is 20.1 Å². The van der Waals surface area contributed by atoms with Crippen molar-refractivity contribution in [2.45, 2.75) is 64.0 Å². The SMILES string of the molecule is CCC1(CC)CN(CCC2CCCCN2)c2cc(O)ccc2O1. The molecule has 0 bridgehead atoms. The molecule has 2 N–H and O–H groups in total. The van der Waals surface area contributed by atoms with E-state index in [0.29, 0.717) is 11.8 Å². The molecule has 23 heavy (non-hydrogen) atoms. The van der Waals surface area contributed by atoms with Gasteiger partial charge in [0.15, 0.2) is 0 Å². The zero-order valence-electron chi connectivity index (χ0n) is 14.5. The van der Waals surface area contributed by atoms with Gasteiger partial charge in [0.25, 0.3) is 0 Å². The van der Waals surface area contributed by atoms with Crippen molar-refractivity contribution in [1.82, 2.24) is 5.32 Å². The van der Waals surface area contributed by atoms with Gasteiger partial charge in [-0.2, -0.15) is 0 Å². The standard InChI is InChI=1S/C19H30N2O2/c1-3-19(4-2)14-21(12-10-15-7-5-6-11-20-15)17-13-16(22)8-9-18(17)23-19/h8-9,13,15,20,22H,3-7,10-12,14H2,1-2H3. The van der Waals surface area contributed by atoms with Crippen molar-refractivity contribution in [1.29, 1.82) is 0 Å². The summed E-state index contributed by atoms with van der Waals surface area (Å²) >= 11 is 0. The Morgan fingerprint density at radius 3 is 2.83 bits per heavy atom. The van der Waals surface area contributed by atoms with Crippen molar-refractivity contribution < 1.29 is 9.84 Å². The number of hydrogen-bond donors (Lipinski definition) is 2. The third-order valence-corrected chi connectivity index (χ3v) is 5.54. The van der Waals surface area contributed by atoms with E-state index in [4.69, 9.17) is 4.74 Å². The van der Waals surface area contributed by atoms with E-state index < -0.39 is 0 Å². The highest BCUT2D eigenvalue weighted by atomic mass is 16.5. The number of nitrogens with one attached hydrogen (secondary N) is 1. The summed E-state index contributed by atoms with van der Waals surface area (Å²) in [4.78, 5) is 2.42. The van der Waals surface area contributed by atoms with Gasteiger partial charge in [-0.3, -0.25) is 0 Å². The van der Waals surface area contributed by atoms with Gasteiger partial charge in [-0.05, 0) is 50.8 Å². The fraction of sp³-hybridized carbons (Fsp3) is 0.684. The van der Waals surface area contributed by atoms with Crippen LogP contribution in [0.15, 0.2) is 18.2 Å². The minimum atomic E-state index is -0.107. The molecule has 1 unspecified atom stereocenters. The molecule has 0 radical (unpaired) electrons. The Bertz CT molecular complexity index is 522. The highest BCUT2D eigenvalue weighted by Gasteiger charge is 2.37. The normalized spacial score (nSPS) is 23.2. The summed E-state index contributed by atoms with van der Waals surface area (Å²) < 4.78 is 6.33. The van der Waals surface area contributed by atoms with E-state index >= 15 is 0 Å². The van der Waals surface area contributed by atoms with E-state index in [2.05, 4.69) is 24.1 Å². The Balaban J connectivity index is 1.77. The molecule has 2 aliphatic rings. The van der Waals surface area contributed by atoms with E-state index in [9.17, 15) is 5.11 Å². The molecule has 4 heteroatoms. The van der Waals surface area contributed by atoms with Gasteiger partial charge in [0.1, 0.15) is 17.1 Å². The van der Waals surface area contributed by atoms with Crippen LogP contribution in [-0.2, 0) is 0 Å². The fourth-order valence-electron chi connectivity index (χ4n) is 3.84. The molecular formula is C19H30N2O2. The molecule has 3 rings (SSSR count). The van der Waals surface area contributed by atoms with E-state index in [0.717, 1.165) is 50.3 Å². The number of rotatable bonds is 5. The zero-order valence-corrected chi connectivity index (χ0v) is 14.5. The van der Waals surface area contributed by atoms with Crippen molar-refractivity contribution in [2.24, 2.45) is 0 Å². The molecule has 0 saturated carbocycles. The Labute approximate surface area is 139 Å². The summed E-state index contributed by atoms with van der Waals surface area (Å²) in [6, 6.07) is 6.11. The minimum absolute atomic E-state index is 0.107. The molecule has 1 atom stereocenters. The summed E-state index contributed by atoms with van der Waals surface area (Å²) in [6.07, 6.45) is 7.08. The summed E-state index contributed by atoms with van der Waals surface area (Å²) in [5.41, 5.74) is 0.933. The second-order valence-corrected chi connectivity index (χ2v) is 7.00. The van der Waals surface area contributed by atoms with Gasteiger partial charge in [0, 0.05) is 18.7 Å². The first-order valence-corrected chi connectivity index (χ1v) is 9.16. The van der Waals surface area contributed by atoms with Gasteiger partial charge in [0.2, 0.25) is 0 Å². The first-order chi connectivity index (χ1) is 11.2. The predicted molar refractivity (Wildman–Crippen MR) is 94.5 cm³/mol. The van der Waals surface area contributed by atoms with Gasteiger partial charge in [-0.25, -0.2) is 0 Å². The minimum Gasteiger partial charge on any atom is -0.508 e. The number of hydrogen-bond acceptors (Lipinski definition) is 4. The predicted octanol–water partition coefficient (Wildman–Crippen LogP) is 3.68. The molecule has 0 aromatic heterocycles. The van der Waals surface area contributed by atoms with Gasteiger partial charge in [0.05, 0.1) is 12.2 Å². The lowest BCUT2D eigenvalue weighted by Gasteiger charge is -2.44. The Morgan fingerprint density at radius 1 is 1.30 bits per heavy atom. The number of aromatic hydroxyl groups is 1. The number of anilines is 1. The maximum Gasteiger partial charge on any atom is 0.143 e. The quantitative estimate of drug-likeness (QED) is 0.869. The first-order valence-electron chi connectivity index (χ1n) is 9.16. The van der Waals surface area contributed by atoms with E-state index in [-0.39, 0.29) is 5.60 Å². The van der Waals surface area contributed by atoms with Crippen LogP contribution in [-0.4, -0.2) is 36.4 Å². The summed E-state index contributed by atoms with van der Waals surface area (Å²) in [6.45, 7) is 7.48. The summed E-state index contributed by atoms with van der Waals surface area (Å²) in [7, 11) is 0. The van der Waals surface area contributed by atoms with Crippen LogP contribution in [0.5, 0.6) is 11.5 Å². The highest BCUT2D eigenvalue weighted by molar-refractivity contribution is 5.63. The Hall–Kier alpha value is -1.42. The van der Waals surface area contributed by atoms with Crippen LogP contribution >= 0.6 is 0 Å². The lowest BCUT2D eigenvalue weighted by molar-refractivity contribution is 0.0570. The maximum absolute atomic E-state index is 9.87. The molecule has 0 spiro atoms. The molecule has 1 aromatic carbocycles. The third kappa shape index (κ3) is 3.57. The van der Waals surface area contributed by atoms with Crippen LogP contribution in [0.25, 0.3) is 0 Å². The molecule has 2 aliphatic heterocycles. The largest absolute Gasteiger partial charge is 0.508 e. The monoisotopic (exact) mass is 318 g/mol. The number of phenols is 1. The summed E-state index contributed by atoms with van der Waals surface area (Å²) in [5, 5.41) is 13.5. The molecule has 128 valence electrons. The fourth-order valence-corrected chi connectivity index (χ4v) is 3.84. The van der Waals surface area contributed by atoms with Crippen molar-refractivity contribution in [2.75, 3.05) is 24.5 Å². The molecule has 2 heterocycles. The number of nitrogens with zero attached hydrogens (tertiary/aromatic N) is 1. The number of phenolic OH excluding ortho intramolecular Hbond substituents is 1. The van der Waals surface area contributed by atoms with Crippen LogP contribution in [0, 0.1) is 0 Å². The van der Waals surface area contributed by atoms with Crippen LogP contribution in [0.3, 0.4) is 0 Å². The van der Waals surface area contributed by atoms with Gasteiger partial charge in [-0.15, -0.1) is 0 Å². The van der Waals surface area contributed by atoms with Crippen LogP contribution < -0.4 is 15.0 Å². The highest BCUT2D eigenvalue weighted by Crippen LogP contribution is 2.41. The Morgan fingerprint density at radius 2 is 2.13 bits per heavy atom. The smallest absolute Gasteiger partial charge is 0.143 e. The van der Waals surface area contributed by atoms with E-state index in [1.807, 2.05) is 12.1 Å². The van der Waals surface area contributed by atoms with Gasteiger partial charge in [-0.1, -0.05) is 20.3 Å².